The molecule has 2 rings (SSSR count). The van der Waals surface area contributed by atoms with Gasteiger partial charge in [0.25, 0.3) is 5.91 Å². The summed E-state index contributed by atoms with van der Waals surface area (Å²) < 4.78 is 11.3. The van der Waals surface area contributed by atoms with Crippen molar-refractivity contribution in [1.82, 2.24) is 5.32 Å². The Morgan fingerprint density at radius 2 is 1.86 bits per heavy atom. The molecule has 110 valence electrons. The molecule has 1 amide bonds. The van der Waals surface area contributed by atoms with Gasteiger partial charge in [-0.2, -0.15) is 0 Å². The third-order valence-electron chi connectivity index (χ3n) is 2.99. The first kappa shape index (κ1) is 14.9. The van der Waals surface area contributed by atoms with Gasteiger partial charge >= 0.3 is 0 Å². The van der Waals surface area contributed by atoms with E-state index < -0.39 is 0 Å². The van der Waals surface area contributed by atoms with Crippen LogP contribution in [0.2, 0.25) is 0 Å². The average molecular weight is 285 g/mol. The van der Waals surface area contributed by atoms with Gasteiger partial charge in [0.2, 0.25) is 0 Å². The largest absolute Gasteiger partial charge is 0.493 e. The lowest BCUT2D eigenvalue weighted by molar-refractivity contribution is 0.0963. The quantitative estimate of drug-likeness (QED) is 0.887. The first-order chi connectivity index (χ1) is 10.2. The number of benzene rings is 2. The molecule has 0 saturated carbocycles. The molecule has 4 nitrogen and oxygen atoms in total. The minimum absolute atomic E-state index is 0.126. The number of nitrogens with one attached hydrogen (secondary N) is 1. The highest BCUT2D eigenvalue weighted by Gasteiger charge is 2.10. The zero-order valence-corrected chi connectivity index (χ0v) is 12.3. The van der Waals surface area contributed by atoms with E-state index in [1.54, 1.807) is 25.2 Å². The van der Waals surface area contributed by atoms with Gasteiger partial charge in [-0.05, 0) is 37.3 Å². The molecule has 0 aromatic heterocycles. The van der Waals surface area contributed by atoms with Crippen LogP contribution in [0.25, 0.3) is 0 Å². The van der Waals surface area contributed by atoms with Crippen molar-refractivity contribution >= 4 is 5.91 Å². The van der Waals surface area contributed by atoms with E-state index in [4.69, 9.17) is 9.47 Å². The molecule has 0 atom stereocenters. The summed E-state index contributed by atoms with van der Waals surface area (Å²) in [6, 6.07) is 14.9. The van der Waals surface area contributed by atoms with Gasteiger partial charge in [0.15, 0.2) is 0 Å². The maximum absolute atomic E-state index is 11.7. The zero-order chi connectivity index (χ0) is 15.1. The molecule has 0 bridgehead atoms. The smallest absolute Gasteiger partial charge is 0.251 e. The molecule has 2 aromatic rings. The van der Waals surface area contributed by atoms with E-state index in [1.165, 1.54) is 0 Å². The van der Waals surface area contributed by atoms with Crippen molar-refractivity contribution in [2.45, 2.75) is 13.5 Å². The fourth-order valence-electron chi connectivity index (χ4n) is 1.95. The van der Waals surface area contributed by atoms with E-state index in [1.807, 2.05) is 37.3 Å². The van der Waals surface area contributed by atoms with Crippen molar-refractivity contribution in [3.8, 4) is 11.5 Å². The van der Waals surface area contributed by atoms with Crippen LogP contribution >= 0.6 is 0 Å². The molecule has 2 aromatic carbocycles. The Balaban J connectivity index is 2.19. The molecule has 0 spiro atoms. The Morgan fingerprint density at radius 1 is 1.10 bits per heavy atom. The topological polar surface area (TPSA) is 47.6 Å². The van der Waals surface area contributed by atoms with Crippen molar-refractivity contribution in [3.05, 3.63) is 59.7 Å². The summed E-state index contributed by atoms with van der Waals surface area (Å²) in [6.07, 6.45) is 0. The van der Waals surface area contributed by atoms with Crippen molar-refractivity contribution in [1.29, 1.82) is 0 Å². The van der Waals surface area contributed by atoms with Crippen molar-refractivity contribution in [2.75, 3.05) is 13.7 Å². The Hall–Kier alpha value is -2.49. The van der Waals surface area contributed by atoms with Crippen LogP contribution in [0.1, 0.15) is 22.8 Å². The lowest BCUT2D eigenvalue weighted by Gasteiger charge is -2.13. The van der Waals surface area contributed by atoms with Gasteiger partial charge in [-0.15, -0.1) is 0 Å². The van der Waals surface area contributed by atoms with E-state index in [-0.39, 0.29) is 5.91 Å². The van der Waals surface area contributed by atoms with E-state index in [0.717, 1.165) is 17.1 Å². The van der Waals surface area contributed by atoms with E-state index >= 15 is 0 Å². The Bertz CT molecular complexity index is 596. The molecule has 0 saturated heterocycles. The molecular formula is C17H19NO3. The van der Waals surface area contributed by atoms with Crippen LogP contribution in [-0.4, -0.2) is 19.6 Å². The molecule has 0 unspecified atom stereocenters. The molecule has 0 aliphatic rings. The molecule has 4 heteroatoms. The van der Waals surface area contributed by atoms with Crippen molar-refractivity contribution in [3.63, 3.8) is 0 Å². The minimum atomic E-state index is -0.126. The molecule has 0 aliphatic carbocycles. The number of amides is 1. The summed E-state index contributed by atoms with van der Waals surface area (Å²) in [6.45, 7) is 2.84. The van der Waals surface area contributed by atoms with Crippen LogP contribution in [0, 0.1) is 0 Å². The first-order valence-electron chi connectivity index (χ1n) is 6.90. The van der Waals surface area contributed by atoms with E-state index in [9.17, 15) is 4.79 Å². The molecule has 0 fully saturated rings. The highest BCUT2D eigenvalue weighted by atomic mass is 16.5. The average Bonchev–Trinajstić information content (AvgIpc) is 2.54. The fraction of sp³-hybridized carbons (Fsp3) is 0.235. The number of rotatable bonds is 6. The van der Waals surface area contributed by atoms with Gasteiger partial charge in [0, 0.05) is 18.2 Å². The summed E-state index contributed by atoms with van der Waals surface area (Å²) in [5.41, 5.74) is 1.44. The summed E-state index contributed by atoms with van der Waals surface area (Å²) in [4.78, 5) is 11.7. The molecular weight excluding hydrogens is 266 g/mol. The summed E-state index contributed by atoms with van der Waals surface area (Å²) >= 11 is 0. The van der Waals surface area contributed by atoms with E-state index in [0.29, 0.717) is 18.8 Å². The van der Waals surface area contributed by atoms with Gasteiger partial charge < -0.3 is 14.8 Å². The van der Waals surface area contributed by atoms with Gasteiger partial charge in [-0.3, -0.25) is 4.79 Å². The zero-order valence-electron chi connectivity index (χ0n) is 12.3. The highest BCUT2D eigenvalue weighted by molar-refractivity contribution is 5.94. The summed E-state index contributed by atoms with van der Waals surface area (Å²) in [5, 5.41) is 2.61. The number of ether oxygens (including phenoxy) is 2. The van der Waals surface area contributed by atoms with Gasteiger partial charge in [0.05, 0.1) is 6.61 Å². The first-order valence-corrected chi connectivity index (χ1v) is 6.90. The Labute approximate surface area is 124 Å². The normalized spacial score (nSPS) is 10.0. The SMILES string of the molecule is CCOc1ccc(C(=O)NC)cc1COc1ccccc1. The molecule has 1 N–H and O–H groups in total. The molecule has 0 heterocycles. The Kier molecular flexibility index (Phi) is 5.21. The predicted octanol–water partition coefficient (Wildman–Crippen LogP) is 3.02. The van der Waals surface area contributed by atoms with Crippen LogP contribution in [0.15, 0.2) is 48.5 Å². The Morgan fingerprint density at radius 3 is 2.52 bits per heavy atom. The molecule has 0 radical (unpaired) electrons. The lowest BCUT2D eigenvalue weighted by atomic mass is 10.1. The monoisotopic (exact) mass is 285 g/mol. The number of hydrogen-bond donors (Lipinski definition) is 1. The van der Waals surface area contributed by atoms with Crippen LogP contribution in [-0.2, 0) is 6.61 Å². The summed E-state index contributed by atoms with van der Waals surface area (Å²) in [7, 11) is 1.61. The van der Waals surface area contributed by atoms with E-state index in [2.05, 4.69) is 5.32 Å². The minimum Gasteiger partial charge on any atom is -0.493 e. The highest BCUT2D eigenvalue weighted by Crippen LogP contribution is 2.22. The van der Waals surface area contributed by atoms with Crippen LogP contribution in [0.4, 0.5) is 0 Å². The maximum Gasteiger partial charge on any atom is 0.251 e. The third kappa shape index (κ3) is 3.99. The van der Waals surface area contributed by atoms with Gasteiger partial charge in [-0.1, -0.05) is 18.2 Å². The lowest BCUT2D eigenvalue weighted by Crippen LogP contribution is -2.18. The fourth-order valence-corrected chi connectivity index (χ4v) is 1.95. The number of carbonyl (C=O) groups excluding carboxylic acids is 1. The summed E-state index contributed by atoms with van der Waals surface area (Å²) in [5.74, 6) is 1.39. The second-order valence-corrected chi connectivity index (χ2v) is 4.44. The maximum atomic E-state index is 11.7. The molecule has 0 aliphatic heterocycles. The second-order valence-electron chi connectivity index (χ2n) is 4.44. The number of para-hydroxylation sites is 1. The van der Waals surface area contributed by atoms with Crippen LogP contribution in [0.3, 0.4) is 0 Å². The van der Waals surface area contributed by atoms with Crippen molar-refractivity contribution < 1.29 is 14.3 Å². The predicted molar refractivity (Wildman–Crippen MR) is 81.8 cm³/mol. The molecule has 21 heavy (non-hydrogen) atoms. The number of carbonyl (C=O) groups is 1. The standard InChI is InChI=1S/C17H19NO3/c1-3-20-16-10-9-13(17(19)18-2)11-14(16)12-21-15-7-5-4-6-8-15/h4-11H,3,12H2,1-2H3,(H,18,19). The second kappa shape index (κ2) is 7.33. The van der Waals surface area contributed by atoms with Gasteiger partial charge in [0.1, 0.15) is 18.1 Å². The van der Waals surface area contributed by atoms with Gasteiger partial charge in [-0.25, -0.2) is 0 Å². The van der Waals surface area contributed by atoms with Crippen LogP contribution in [0.5, 0.6) is 11.5 Å². The number of hydrogen-bond acceptors (Lipinski definition) is 3. The third-order valence-corrected chi connectivity index (χ3v) is 2.99. The van der Waals surface area contributed by atoms with Crippen molar-refractivity contribution in [2.24, 2.45) is 0 Å². The van der Waals surface area contributed by atoms with Crippen LogP contribution < -0.4 is 14.8 Å².